The molecule has 0 amide bonds. The van der Waals surface area contributed by atoms with E-state index in [-0.39, 0.29) is 0 Å². The Morgan fingerprint density at radius 3 is 2.93 bits per heavy atom. The SMILES string of the molecule is O=S(=O)=C1CNCCC12N=CNC2=S. The predicted molar refractivity (Wildman–Crippen MR) is 58.4 cm³/mol. The van der Waals surface area contributed by atoms with Crippen LogP contribution < -0.4 is 10.6 Å². The zero-order valence-corrected chi connectivity index (χ0v) is 8.91. The van der Waals surface area contributed by atoms with Crippen LogP contribution in [0.1, 0.15) is 6.42 Å². The van der Waals surface area contributed by atoms with E-state index in [1.807, 2.05) is 0 Å². The molecule has 0 bridgehead atoms. The Kier molecular flexibility index (Phi) is 2.38. The summed E-state index contributed by atoms with van der Waals surface area (Å²) in [6.45, 7) is 1.05. The third kappa shape index (κ3) is 1.28. The average molecular weight is 231 g/mol. The Hall–Kier alpha value is -0.790. The van der Waals surface area contributed by atoms with Gasteiger partial charge in [0.1, 0.15) is 4.99 Å². The van der Waals surface area contributed by atoms with E-state index in [1.165, 1.54) is 6.34 Å². The van der Waals surface area contributed by atoms with Gasteiger partial charge in [0.15, 0.2) is 5.54 Å². The zero-order valence-electron chi connectivity index (χ0n) is 7.28. The van der Waals surface area contributed by atoms with Crippen LogP contribution in [0, 0.1) is 0 Å². The molecular formula is C7H9N3O2S2. The topological polar surface area (TPSA) is 70.6 Å². The van der Waals surface area contributed by atoms with Crippen LogP contribution in [0.4, 0.5) is 0 Å². The van der Waals surface area contributed by atoms with Gasteiger partial charge in [-0.3, -0.25) is 4.99 Å². The molecule has 76 valence electrons. The lowest BCUT2D eigenvalue weighted by Gasteiger charge is -2.30. The van der Waals surface area contributed by atoms with Gasteiger partial charge >= 0.3 is 0 Å². The van der Waals surface area contributed by atoms with Crippen molar-refractivity contribution < 1.29 is 8.42 Å². The summed E-state index contributed by atoms with van der Waals surface area (Å²) in [4.78, 5) is 4.98. The fraction of sp³-hybridized carbons (Fsp3) is 0.571. The highest BCUT2D eigenvalue weighted by Crippen LogP contribution is 2.24. The van der Waals surface area contributed by atoms with Crippen LogP contribution in [-0.2, 0) is 10.3 Å². The number of thiocarbonyl (C=S) groups is 1. The van der Waals surface area contributed by atoms with Crippen molar-refractivity contribution >= 4 is 38.7 Å². The number of rotatable bonds is 0. The van der Waals surface area contributed by atoms with Gasteiger partial charge in [-0.15, -0.1) is 0 Å². The minimum absolute atomic E-state index is 0.329. The van der Waals surface area contributed by atoms with Crippen molar-refractivity contribution in [2.75, 3.05) is 13.1 Å². The molecule has 1 unspecified atom stereocenters. The fourth-order valence-corrected chi connectivity index (χ4v) is 2.86. The van der Waals surface area contributed by atoms with Crippen molar-refractivity contribution in [3.8, 4) is 0 Å². The fourth-order valence-electron chi connectivity index (χ4n) is 1.71. The molecule has 0 saturated carbocycles. The second kappa shape index (κ2) is 3.41. The first-order valence-electron chi connectivity index (χ1n) is 4.18. The van der Waals surface area contributed by atoms with Crippen LogP contribution in [-0.4, -0.2) is 43.2 Å². The molecule has 1 saturated heterocycles. The lowest BCUT2D eigenvalue weighted by Crippen LogP contribution is -2.54. The van der Waals surface area contributed by atoms with E-state index in [0.29, 0.717) is 22.8 Å². The van der Waals surface area contributed by atoms with Gasteiger partial charge in [0.25, 0.3) is 0 Å². The van der Waals surface area contributed by atoms with Crippen LogP contribution in [0.3, 0.4) is 0 Å². The van der Waals surface area contributed by atoms with Gasteiger partial charge in [0, 0.05) is 6.54 Å². The third-order valence-electron chi connectivity index (χ3n) is 2.47. The number of hydrogen-bond acceptors (Lipinski definition) is 5. The van der Waals surface area contributed by atoms with Crippen molar-refractivity contribution in [2.45, 2.75) is 12.0 Å². The smallest absolute Gasteiger partial charge is 0.217 e. The van der Waals surface area contributed by atoms with Crippen molar-refractivity contribution in [3.05, 3.63) is 0 Å². The molecule has 1 spiro atoms. The first-order chi connectivity index (χ1) is 6.67. The summed E-state index contributed by atoms with van der Waals surface area (Å²) in [6.07, 6.45) is 2.07. The molecule has 7 heteroatoms. The maximum absolute atomic E-state index is 11.0. The predicted octanol–water partition coefficient (Wildman–Crippen LogP) is -1.27. The first kappa shape index (κ1) is 9.75. The highest BCUT2D eigenvalue weighted by Gasteiger charge is 2.44. The minimum Gasteiger partial charge on any atom is -0.339 e. The average Bonchev–Trinajstić information content (AvgIpc) is 2.49. The van der Waals surface area contributed by atoms with Crippen molar-refractivity contribution in [2.24, 2.45) is 4.99 Å². The zero-order chi connectivity index (χ0) is 10.2. The lowest BCUT2D eigenvalue weighted by molar-refractivity contribution is 0.574. The van der Waals surface area contributed by atoms with Crippen molar-refractivity contribution in [1.82, 2.24) is 10.6 Å². The van der Waals surface area contributed by atoms with E-state index in [0.717, 1.165) is 6.54 Å². The monoisotopic (exact) mass is 231 g/mol. The molecule has 0 aromatic heterocycles. The third-order valence-corrected chi connectivity index (χ3v) is 3.81. The van der Waals surface area contributed by atoms with Crippen LogP contribution in [0.2, 0.25) is 0 Å². The van der Waals surface area contributed by atoms with Crippen LogP contribution in [0.25, 0.3) is 0 Å². The molecular weight excluding hydrogens is 222 g/mol. The molecule has 2 rings (SSSR count). The summed E-state index contributed by atoms with van der Waals surface area (Å²) in [5.41, 5.74) is -0.798. The molecule has 0 aromatic carbocycles. The van der Waals surface area contributed by atoms with E-state index in [9.17, 15) is 8.42 Å². The Morgan fingerprint density at radius 1 is 1.57 bits per heavy atom. The Morgan fingerprint density at radius 2 is 2.36 bits per heavy atom. The summed E-state index contributed by atoms with van der Waals surface area (Å²) in [5.74, 6) is 0. The van der Waals surface area contributed by atoms with Gasteiger partial charge in [-0.25, -0.2) is 0 Å². The summed E-state index contributed by atoms with van der Waals surface area (Å²) in [7, 11) is -2.24. The normalized spacial score (nSPS) is 30.9. The highest BCUT2D eigenvalue weighted by molar-refractivity contribution is 7.81. The van der Waals surface area contributed by atoms with Crippen molar-refractivity contribution in [1.29, 1.82) is 0 Å². The molecule has 2 N–H and O–H groups in total. The van der Waals surface area contributed by atoms with Crippen molar-refractivity contribution in [3.63, 3.8) is 0 Å². The van der Waals surface area contributed by atoms with E-state index >= 15 is 0 Å². The van der Waals surface area contributed by atoms with Crippen LogP contribution >= 0.6 is 12.2 Å². The number of nitrogens with zero attached hydrogens (tertiary/aromatic N) is 1. The van der Waals surface area contributed by atoms with Gasteiger partial charge in [-0.05, 0) is 13.0 Å². The van der Waals surface area contributed by atoms with Gasteiger partial charge in [-0.2, -0.15) is 8.42 Å². The standard InChI is InChI=1S/C7H9N3O2S2/c11-14(12)5-3-8-2-1-7(5)6(13)9-4-10-7/h4,8H,1-3H2,(H,9,10,13). The first-order valence-corrected chi connectivity index (χ1v) is 5.66. The van der Waals surface area contributed by atoms with E-state index in [1.54, 1.807) is 0 Å². The number of aliphatic imine (C=N–C) groups is 1. The van der Waals surface area contributed by atoms with Crippen LogP contribution in [0.5, 0.6) is 0 Å². The Bertz CT molecular complexity index is 432. The van der Waals surface area contributed by atoms with E-state index in [2.05, 4.69) is 15.6 Å². The highest BCUT2D eigenvalue weighted by atomic mass is 32.2. The molecule has 0 radical (unpaired) electrons. The summed E-state index contributed by atoms with van der Waals surface area (Å²) in [5, 5.41) is 5.78. The second-order valence-electron chi connectivity index (χ2n) is 3.18. The van der Waals surface area contributed by atoms with Gasteiger partial charge in [-0.1, -0.05) is 12.2 Å². The Labute approximate surface area is 88.1 Å². The molecule has 0 aromatic rings. The molecule has 2 heterocycles. The largest absolute Gasteiger partial charge is 0.339 e. The number of piperidine rings is 1. The molecule has 14 heavy (non-hydrogen) atoms. The van der Waals surface area contributed by atoms with Gasteiger partial charge in [0.2, 0.25) is 10.3 Å². The van der Waals surface area contributed by atoms with Crippen LogP contribution in [0.15, 0.2) is 4.99 Å². The Balaban J connectivity index is 2.56. The van der Waals surface area contributed by atoms with Gasteiger partial charge in [0.05, 0.1) is 11.2 Å². The molecule has 0 aliphatic carbocycles. The minimum atomic E-state index is -2.24. The molecule has 5 nitrogen and oxygen atoms in total. The molecule has 2 aliphatic rings. The summed E-state index contributed by atoms with van der Waals surface area (Å²) >= 11 is 5.09. The second-order valence-corrected chi connectivity index (χ2v) is 4.55. The molecule has 1 atom stereocenters. The van der Waals surface area contributed by atoms with Gasteiger partial charge < -0.3 is 10.6 Å². The molecule has 1 fully saturated rings. The quantitative estimate of drug-likeness (QED) is 0.509. The van der Waals surface area contributed by atoms with E-state index < -0.39 is 15.8 Å². The lowest BCUT2D eigenvalue weighted by atomic mass is 9.89. The summed E-state index contributed by atoms with van der Waals surface area (Å²) < 4.78 is 22.0. The maximum Gasteiger partial charge on any atom is 0.217 e. The maximum atomic E-state index is 11.0. The summed E-state index contributed by atoms with van der Waals surface area (Å²) in [6, 6.07) is 0. The number of hydrogen-bond donors (Lipinski definition) is 2. The molecule has 2 aliphatic heterocycles. The number of nitrogens with one attached hydrogen (secondary N) is 2. The van der Waals surface area contributed by atoms with E-state index in [4.69, 9.17) is 12.2 Å².